The Kier molecular flexibility index (Phi) is 4.03. The highest BCUT2D eigenvalue weighted by Gasteiger charge is 2.15. The van der Waals surface area contributed by atoms with Gasteiger partial charge in [-0.3, -0.25) is 0 Å². The normalized spacial score (nSPS) is 11.0. The monoisotopic (exact) mass is 351 g/mol. The number of hydrogen-bond donors (Lipinski definition) is 1. The molecule has 0 spiro atoms. The first kappa shape index (κ1) is 15.5. The summed E-state index contributed by atoms with van der Waals surface area (Å²) in [5, 5.41) is 22.3. The Morgan fingerprint density at radius 1 is 0.920 bits per heavy atom. The maximum absolute atomic E-state index is 6.21. The van der Waals surface area contributed by atoms with Crippen LogP contribution in [0.15, 0.2) is 52.9 Å². The number of halogens is 1. The predicted molar refractivity (Wildman–Crippen MR) is 96.3 cm³/mol. The molecule has 0 unspecified atom stereocenters. The van der Waals surface area contributed by atoms with Crippen LogP contribution in [0.4, 0.5) is 5.82 Å². The van der Waals surface area contributed by atoms with Gasteiger partial charge in [0.2, 0.25) is 5.89 Å². The summed E-state index contributed by atoms with van der Waals surface area (Å²) in [6.07, 6.45) is 0. The lowest BCUT2D eigenvalue weighted by Crippen LogP contribution is -2.04. The van der Waals surface area contributed by atoms with E-state index in [9.17, 15) is 0 Å². The standard InChI is InChI=1S/C18H14ClN5O/c1-11-21-24-18(25-11)16-13-7-3-4-8-14(13)17(23-22-16)20-10-12-6-2-5-9-15(12)19/h2-9H,10H2,1H3,(H,20,23). The third-order valence-corrected chi connectivity index (χ3v) is 4.19. The molecule has 0 amide bonds. The Morgan fingerprint density at radius 2 is 1.68 bits per heavy atom. The molecule has 0 saturated carbocycles. The molecule has 2 aromatic heterocycles. The Hall–Kier alpha value is -2.99. The van der Waals surface area contributed by atoms with E-state index < -0.39 is 0 Å². The Labute approximate surface area is 148 Å². The second-order valence-electron chi connectivity index (χ2n) is 5.51. The van der Waals surface area contributed by atoms with Crippen LogP contribution >= 0.6 is 11.6 Å². The molecule has 0 atom stereocenters. The molecule has 2 aromatic carbocycles. The number of aryl methyl sites for hydroxylation is 1. The van der Waals surface area contributed by atoms with E-state index in [1.54, 1.807) is 6.92 Å². The molecule has 0 aliphatic carbocycles. The van der Waals surface area contributed by atoms with Gasteiger partial charge < -0.3 is 9.73 Å². The van der Waals surface area contributed by atoms with Gasteiger partial charge in [0, 0.05) is 29.3 Å². The van der Waals surface area contributed by atoms with Gasteiger partial charge in [-0.25, -0.2) is 0 Å². The molecule has 0 radical (unpaired) electrons. The van der Waals surface area contributed by atoms with E-state index in [0.717, 1.165) is 16.3 Å². The Bertz CT molecular complexity index is 1050. The first-order valence-electron chi connectivity index (χ1n) is 7.75. The van der Waals surface area contributed by atoms with E-state index in [-0.39, 0.29) is 0 Å². The van der Waals surface area contributed by atoms with Gasteiger partial charge in [0.25, 0.3) is 5.89 Å². The number of benzene rings is 2. The largest absolute Gasteiger partial charge is 0.420 e. The predicted octanol–water partition coefficient (Wildman–Crippen LogP) is 4.25. The molecule has 124 valence electrons. The average Bonchev–Trinajstić information content (AvgIpc) is 3.07. The molecule has 0 aliphatic rings. The number of hydrogen-bond acceptors (Lipinski definition) is 6. The van der Waals surface area contributed by atoms with E-state index in [2.05, 4.69) is 25.7 Å². The van der Waals surface area contributed by atoms with Crippen molar-refractivity contribution in [2.45, 2.75) is 13.5 Å². The number of anilines is 1. The minimum atomic E-state index is 0.360. The number of fused-ring (bicyclic) bond motifs is 1. The second kappa shape index (κ2) is 6.49. The molecule has 25 heavy (non-hydrogen) atoms. The van der Waals surface area contributed by atoms with Crippen LogP contribution in [0.1, 0.15) is 11.5 Å². The van der Waals surface area contributed by atoms with Crippen LogP contribution in [0.3, 0.4) is 0 Å². The first-order chi connectivity index (χ1) is 12.2. The molecule has 2 heterocycles. The zero-order valence-corrected chi connectivity index (χ0v) is 14.2. The molecule has 6 nitrogen and oxygen atoms in total. The van der Waals surface area contributed by atoms with Crippen molar-refractivity contribution >= 4 is 28.2 Å². The van der Waals surface area contributed by atoms with Crippen LogP contribution in [-0.4, -0.2) is 20.4 Å². The zero-order chi connectivity index (χ0) is 17.2. The summed E-state index contributed by atoms with van der Waals surface area (Å²) in [5.74, 6) is 1.52. The summed E-state index contributed by atoms with van der Waals surface area (Å²) >= 11 is 6.21. The van der Waals surface area contributed by atoms with Crippen molar-refractivity contribution in [2.75, 3.05) is 5.32 Å². The van der Waals surface area contributed by atoms with E-state index in [1.807, 2.05) is 48.5 Å². The van der Waals surface area contributed by atoms with Crippen molar-refractivity contribution in [3.05, 3.63) is 65.0 Å². The van der Waals surface area contributed by atoms with Gasteiger partial charge in [-0.05, 0) is 11.6 Å². The number of aromatic nitrogens is 4. The molecule has 0 saturated heterocycles. The van der Waals surface area contributed by atoms with E-state index in [1.165, 1.54) is 0 Å². The van der Waals surface area contributed by atoms with Crippen molar-refractivity contribution in [2.24, 2.45) is 0 Å². The van der Waals surface area contributed by atoms with Crippen molar-refractivity contribution < 1.29 is 4.42 Å². The zero-order valence-electron chi connectivity index (χ0n) is 13.4. The second-order valence-corrected chi connectivity index (χ2v) is 5.92. The molecular weight excluding hydrogens is 338 g/mol. The Balaban J connectivity index is 1.72. The quantitative estimate of drug-likeness (QED) is 0.592. The van der Waals surface area contributed by atoms with Crippen molar-refractivity contribution in [3.8, 4) is 11.6 Å². The molecule has 7 heteroatoms. The number of rotatable bonds is 4. The lowest BCUT2D eigenvalue weighted by atomic mass is 10.1. The fourth-order valence-corrected chi connectivity index (χ4v) is 2.81. The highest BCUT2D eigenvalue weighted by molar-refractivity contribution is 6.31. The molecule has 0 aliphatic heterocycles. The minimum absolute atomic E-state index is 0.360. The highest BCUT2D eigenvalue weighted by atomic mass is 35.5. The summed E-state index contributed by atoms with van der Waals surface area (Å²) in [4.78, 5) is 0. The van der Waals surface area contributed by atoms with Gasteiger partial charge in [-0.15, -0.1) is 20.4 Å². The van der Waals surface area contributed by atoms with Crippen LogP contribution in [0, 0.1) is 6.92 Å². The highest BCUT2D eigenvalue weighted by Crippen LogP contribution is 2.29. The van der Waals surface area contributed by atoms with Gasteiger partial charge in [-0.1, -0.05) is 54.1 Å². The lowest BCUT2D eigenvalue weighted by molar-refractivity contribution is 0.531. The average molecular weight is 352 g/mol. The third-order valence-electron chi connectivity index (χ3n) is 3.82. The van der Waals surface area contributed by atoms with Crippen molar-refractivity contribution in [1.29, 1.82) is 0 Å². The molecule has 1 N–H and O–H groups in total. The summed E-state index contributed by atoms with van der Waals surface area (Å²) in [6.45, 7) is 2.29. The number of nitrogens with zero attached hydrogens (tertiary/aromatic N) is 4. The van der Waals surface area contributed by atoms with Crippen LogP contribution in [0.2, 0.25) is 5.02 Å². The molecule has 0 fully saturated rings. The fourth-order valence-electron chi connectivity index (χ4n) is 2.61. The smallest absolute Gasteiger partial charge is 0.268 e. The maximum Gasteiger partial charge on any atom is 0.268 e. The van der Waals surface area contributed by atoms with Gasteiger partial charge >= 0.3 is 0 Å². The molecular formula is C18H14ClN5O. The summed E-state index contributed by atoms with van der Waals surface area (Å²) in [7, 11) is 0. The number of nitrogens with one attached hydrogen (secondary N) is 1. The minimum Gasteiger partial charge on any atom is -0.420 e. The van der Waals surface area contributed by atoms with Gasteiger partial charge in [0.15, 0.2) is 11.5 Å². The van der Waals surface area contributed by atoms with Crippen LogP contribution < -0.4 is 5.32 Å². The van der Waals surface area contributed by atoms with Gasteiger partial charge in [0.1, 0.15) is 0 Å². The van der Waals surface area contributed by atoms with E-state index >= 15 is 0 Å². The summed E-state index contributed by atoms with van der Waals surface area (Å²) < 4.78 is 5.50. The maximum atomic E-state index is 6.21. The summed E-state index contributed by atoms with van der Waals surface area (Å²) in [5.41, 5.74) is 1.56. The lowest BCUT2D eigenvalue weighted by Gasteiger charge is -2.10. The van der Waals surface area contributed by atoms with Crippen molar-refractivity contribution in [3.63, 3.8) is 0 Å². The summed E-state index contributed by atoms with van der Waals surface area (Å²) in [6, 6.07) is 15.5. The van der Waals surface area contributed by atoms with Crippen LogP contribution in [-0.2, 0) is 6.54 Å². The Morgan fingerprint density at radius 3 is 2.44 bits per heavy atom. The molecule has 4 aromatic rings. The van der Waals surface area contributed by atoms with Gasteiger partial charge in [0.05, 0.1) is 0 Å². The van der Waals surface area contributed by atoms with Crippen molar-refractivity contribution in [1.82, 2.24) is 20.4 Å². The van der Waals surface area contributed by atoms with Gasteiger partial charge in [-0.2, -0.15) is 0 Å². The third kappa shape index (κ3) is 3.04. The topological polar surface area (TPSA) is 76.7 Å². The molecule has 4 rings (SSSR count). The van der Waals surface area contributed by atoms with Crippen LogP contribution in [0.25, 0.3) is 22.4 Å². The first-order valence-corrected chi connectivity index (χ1v) is 8.13. The van der Waals surface area contributed by atoms with E-state index in [0.29, 0.717) is 34.9 Å². The molecule has 0 bridgehead atoms. The fraction of sp³-hybridized carbons (Fsp3) is 0.111. The van der Waals surface area contributed by atoms with E-state index in [4.69, 9.17) is 16.0 Å². The van der Waals surface area contributed by atoms with Crippen LogP contribution in [0.5, 0.6) is 0 Å². The SMILES string of the molecule is Cc1nnc(-c2nnc(NCc3ccccc3Cl)c3ccccc23)o1.